The van der Waals surface area contributed by atoms with E-state index in [4.69, 9.17) is 4.74 Å². The summed E-state index contributed by atoms with van der Waals surface area (Å²) in [6.45, 7) is 1.33. The van der Waals surface area contributed by atoms with E-state index >= 15 is 0 Å². The molecule has 1 aliphatic rings. The fourth-order valence-electron chi connectivity index (χ4n) is 1.73. The lowest BCUT2D eigenvalue weighted by molar-refractivity contribution is -0.131. The van der Waals surface area contributed by atoms with Crippen molar-refractivity contribution in [2.45, 2.75) is 6.92 Å². The summed E-state index contributed by atoms with van der Waals surface area (Å²) in [5, 5.41) is 9.72. The number of phenolic OH excluding ortho intramolecular Hbond substituents is 1. The first-order valence-electron chi connectivity index (χ1n) is 5.93. The summed E-state index contributed by atoms with van der Waals surface area (Å²) in [6, 6.07) is 4.61. The molecule has 0 saturated carbocycles. The third-order valence-corrected chi connectivity index (χ3v) is 2.85. The average molecular weight is 279 g/mol. The molecule has 20 heavy (non-hydrogen) atoms. The topological polar surface area (TPSA) is 93.1 Å². The predicted octanol–water partition coefficient (Wildman–Crippen LogP) is 0.836. The van der Waals surface area contributed by atoms with Crippen LogP contribution in [0.2, 0.25) is 0 Å². The maximum absolute atomic E-state index is 11.7. The molecule has 7 nitrogen and oxygen atoms in total. The Morgan fingerprint density at radius 2 is 2.20 bits per heavy atom. The smallest absolute Gasteiger partial charge is 0.416 e. The molecule has 2 rings (SSSR count). The Labute approximate surface area is 114 Å². The van der Waals surface area contributed by atoms with E-state index in [1.165, 1.54) is 6.07 Å². The van der Waals surface area contributed by atoms with Gasteiger partial charge in [0, 0.05) is 0 Å². The number of benzene rings is 1. The van der Waals surface area contributed by atoms with Gasteiger partial charge in [0.2, 0.25) is 0 Å². The first-order chi connectivity index (χ1) is 9.50. The van der Waals surface area contributed by atoms with E-state index < -0.39 is 24.6 Å². The van der Waals surface area contributed by atoms with Crippen LogP contribution >= 0.6 is 0 Å². The summed E-state index contributed by atoms with van der Waals surface area (Å²) < 4.78 is 9.39. The standard InChI is InChI=1S/C13H13NO6/c1-8-3-2-4-9(11(8)16)12(17)20-7-10(15)14-5-6-19-13(14)18/h2-4,16H,5-7H2,1H3. The van der Waals surface area contributed by atoms with E-state index in [2.05, 4.69) is 4.74 Å². The number of aryl methyl sites for hydroxylation is 1. The number of esters is 1. The maximum atomic E-state index is 11.7. The van der Waals surface area contributed by atoms with Gasteiger partial charge in [0.15, 0.2) is 6.61 Å². The van der Waals surface area contributed by atoms with Crippen molar-refractivity contribution < 1.29 is 29.0 Å². The van der Waals surface area contributed by atoms with Gasteiger partial charge in [-0.15, -0.1) is 0 Å². The average Bonchev–Trinajstić information content (AvgIpc) is 2.85. The molecule has 1 fully saturated rings. The van der Waals surface area contributed by atoms with Crippen LogP contribution in [-0.2, 0) is 14.3 Å². The van der Waals surface area contributed by atoms with Crippen molar-refractivity contribution >= 4 is 18.0 Å². The number of rotatable bonds is 3. The first kappa shape index (κ1) is 13.9. The molecule has 2 amide bonds. The van der Waals surface area contributed by atoms with Crippen LogP contribution in [0.3, 0.4) is 0 Å². The van der Waals surface area contributed by atoms with Crippen LogP contribution in [-0.4, -0.2) is 47.7 Å². The summed E-state index contributed by atoms with van der Waals surface area (Å²) >= 11 is 0. The van der Waals surface area contributed by atoms with Crippen LogP contribution in [0.5, 0.6) is 5.75 Å². The number of hydrogen-bond acceptors (Lipinski definition) is 6. The summed E-state index contributed by atoms with van der Waals surface area (Å²) in [5.74, 6) is -1.68. The van der Waals surface area contributed by atoms with E-state index in [1.807, 2.05) is 0 Å². The highest BCUT2D eigenvalue weighted by Crippen LogP contribution is 2.22. The quantitative estimate of drug-likeness (QED) is 0.824. The zero-order chi connectivity index (χ0) is 14.7. The van der Waals surface area contributed by atoms with Gasteiger partial charge in [0.1, 0.15) is 17.9 Å². The van der Waals surface area contributed by atoms with E-state index in [-0.39, 0.29) is 24.5 Å². The molecule has 0 spiro atoms. The molecule has 0 radical (unpaired) electrons. The maximum Gasteiger partial charge on any atom is 0.416 e. The molecule has 0 aliphatic carbocycles. The number of nitrogens with zero attached hydrogens (tertiary/aromatic N) is 1. The molecule has 106 valence electrons. The minimum atomic E-state index is -0.827. The summed E-state index contributed by atoms with van der Waals surface area (Å²) in [4.78, 5) is 35.4. The molecule has 1 saturated heterocycles. The molecule has 0 aromatic heterocycles. The molecule has 0 bridgehead atoms. The Morgan fingerprint density at radius 3 is 2.85 bits per heavy atom. The van der Waals surface area contributed by atoms with Gasteiger partial charge in [0.25, 0.3) is 5.91 Å². The van der Waals surface area contributed by atoms with Crippen molar-refractivity contribution in [2.75, 3.05) is 19.8 Å². The van der Waals surface area contributed by atoms with E-state index in [9.17, 15) is 19.5 Å². The van der Waals surface area contributed by atoms with Crippen LogP contribution < -0.4 is 0 Å². The van der Waals surface area contributed by atoms with Gasteiger partial charge < -0.3 is 14.6 Å². The molecular weight excluding hydrogens is 266 g/mol. The van der Waals surface area contributed by atoms with Crippen molar-refractivity contribution in [1.29, 1.82) is 0 Å². The third kappa shape index (κ3) is 2.71. The molecular formula is C13H13NO6. The fraction of sp³-hybridized carbons (Fsp3) is 0.308. The highest BCUT2D eigenvalue weighted by Gasteiger charge is 2.29. The second-order valence-corrected chi connectivity index (χ2v) is 4.21. The zero-order valence-corrected chi connectivity index (χ0v) is 10.8. The summed E-state index contributed by atoms with van der Waals surface area (Å²) in [7, 11) is 0. The van der Waals surface area contributed by atoms with Crippen molar-refractivity contribution in [3.05, 3.63) is 29.3 Å². The van der Waals surface area contributed by atoms with Crippen LogP contribution in [0.25, 0.3) is 0 Å². The molecule has 1 heterocycles. The minimum absolute atomic E-state index is 0.0261. The van der Waals surface area contributed by atoms with Crippen LogP contribution in [0.1, 0.15) is 15.9 Å². The Kier molecular flexibility index (Phi) is 3.88. The molecule has 7 heteroatoms. The number of carbonyl (C=O) groups is 3. The van der Waals surface area contributed by atoms with E-state index in [1.54, 1.807) is 19.1 Å². The predicted molar refractivity (Wildman–Crippen MR) is 66.2 cm³/mol. The van der Waals surface area contributed by atoms with Crippen molar-refractivity contribution in [3.63, 3.8) is 0 Å². The number of ether oxygens (including phenoxy) is 2. The monoisotopic (exact) mass is 279 g/mol. The van der Waals surface area contributed by atoms with Gasteiger partial charge in [-0.2, -0.15) is 0 Å². The minimum Gasteiger partial charge on any atom is -0.507 e. The highest BCUT2D eigenvalue weighted by atomic mass is 16.6. The molecule has 0 atom stereocenters. The lowest BCUT2D eigenvalue weighted by Crippen LogP contribution is -2.35. The lowest BCUT2D eigenvalue weighted by atomic mass is 10.1. The molecule has 1 N–H and O–H groups in total. The number of para-hydroxylation sites is 1. The first-order valence-corrected chi connectivity index (χ1v) is 5.93. The van der Waals surface area contributed by atoms with Gasteiger partial charge >= 0.3 is 12.1 Å². The van der Waals surface area contributed by atoms with Gasteiger partial charge in [-0.1, -0.05) is 12.1 Å². The number of phenols is 1. The number of imide groups is 1. The highest BCUT2D eigenvalue weighted by molar-refractivity contribution is 5.97. The van der Waals surface area contributed by atoms with Crippen molar-refractivity contribution in [3.8, 4) is 5.75 Å². The summed E-state index contributed by atoms with van der Waals surface area (Å²) in [6.07, 6.45) is -0.746. The van der Waals surface area contributed by atoms with Crippen molar-refractivity contribution in [1.82, 2.24) is 4.90 Å². The zero-order valence-electron chi connectivity index (χ0n) is 10.8. The number of carbonyl (C=O) groups excluding carboxylic acids is 3. The van der Waals surface area contributed by atoms with E-state index in [0.717, 1.165) is 4.90 Å². The van der Waals surface area contributed by atoms with Crippen LogP contribution in [0, 0.1) is 6.92 Å². The second kappa shape index (κ2) is 5.60. The van der Waals surface area contributed by atoms with Crippen molar-refractivity contribution in [2.24, 2.45) is 0 Å². The molecule has 1 aromatic rings. The Morgan fingerprint density at radius 1 is 1.45 bits per heavy atom. The SMILES string of the molecule is Cc1cccc(C(=O)OCC(=O)N2CCOC2=O)c1O. The molecule has 1 aromatic carbocycles. The van der Waals surface area contributed by atoms with Gasteiger partial charge in [-0.05, 0) is 18.6 Å². The number of amides is 2. The molecule has 0 unspecified atom stereocenters. The number of cyclic esters (lactones) is 1. The van der Waals surface area contributed by atoms with Gasteiger partial charge in [-0.3, -0.25) is 4.79 Å². The summed E-state index contributed by atoms with van der Waals surface area (Å²) in [5.41, 5.74) is 0.496. The van der Waals surface area contributed by atoms with Gasteiger partial charge in [0.05, 0.1) is 6.54 Å². The van der Waals surface area contributed by atoms with E-state index in [0.29, 0.717) is 5.56 Å². The number of hydrogen-bond donors (Lipinski definition) is 1. The van der Waals surface area contributed by atoms with Gasteiger partial charge in [-0.25, -0.2) is 14.5 Å². The largest absolute Gasteiger partial charge is 0.507 e. The second-order valence-electron chi connectivity index (χ2n) is 4.21. The van der Waals surface area contributed by atoms with Crippen LogP contribution in [0.15, 0.2) is 18.2 Å². The Balaban J connectivity index is 1.97. The Hall–Kier alpha value is -2.57. The molecule has 1 aliphatic heterocycles. The third-order valence-electron chi connectivity index (χ3n) is 2.85. The fourth-order valence-corrected chi connectivity index (χ4v) is 1.73. The lowest BCUT2D eigenvalue weighted by Gasteiger charge is -2.11. The van der Waals surface area contributed by atoms with Crippen LogP contribution in [0.4, 0.5) is 4.79 Å². The number of aromatic hydroxyl groups is 1. The normalized spacial score (nSPS) is 14.1. The Bertz CT molecular complexity index is 568.